The molecule has 0 spiro atoms. The molecule has 0 saturated carbocycles. The lowest BCUT2D eigenvalue weighted by molar-refractivity contribution is 0.527. The minimum Gasteiger partial charge on any atom is -0.420 e. The van der Waals surface area contributed by atoms with Crippen LogP contribution in [0.5, 0.6) is 0 Å². The van der Waals surface area contributed by atoms with E-state index >= 15 is 0 Å². The van der Waals surface area contributed by atoms with Gasteiger partial charge in [0, 0.05) is 23.4 Å². The number of aryl methyl sites for hydroxylation is 1. The molecule has 6 nitrogen and oxygen atoms in total. The van der Waals surface area contributed by atoms with E-state index in [9.17, 15) is 0 Å². The minimum atomic E-state index is 0.533. The summed E-state index contributed by atoms with van der Waals surface area (Å²) in [6, 6.07) is 24.5. The van der Waals surface area contributed by atoms with Crippen molar-refractivity contribution in [3.8, 4) is 11.5 Å². The second kappa shape index (κ2) is 9.93. The number of benzene rings is 2. The second-order valence-corrected chi connectivity index (χ2v) is 9.17. The van der Waals surface area contributed by atoms with Crippen LogP contribution >= 0.6 is 23.1 Å². The normalized spacial score (nSPS) is 11.1. The number of hydrogen-bond donors (Lipinski definition) is 0. The summed E-state index contributed by atoms with van der Waals surface area (Å²) in [5.74, 6) is 2.63. The van der Waals surface area contributed by atoms with Crippen molar-refractivity contribution in [2.24, 2.45) is 0 Å². The molecule has 0 fully saturated rings. The Morgan fingerprint density at radius 3 is 2.44 bits per heavy atom. The molecular formula is C24H21N5OS2. The highest BCUT2D eigenvalue weighted by Gasteiger charge is 2.16. The van der Waals surface area contributed by atoms with E-state index in [1.54, 1.807) is 23.1 Å². The highest BCUT2D eigenvalue weighted by atomic mass is 32.2. The van der Waals surface area contributed by atoms with Crippen molar-refractivity contribution in [3.05, 3.63) is 100 Å². The van der Waals surface area contributed by atoms with Crippen molar-refractivity contribution in [2.75, 3.05) is 0 Å². The van der Waals surface area contributed by atoms with Crippen LogP contribution in [-0.4, -0.2) is 25.0 Å². The highest BCUT2D eigenvalue weighted by molar-refractivity contribution is 7.98. The SMILES string of the molecule is c1ccc(CCn2c(Cc3cccs3)nnc2SCc2nnc(-c3ccccc3)o2)cc1. The standard InChI is InChI=1S/C24H21N5OS2/c1-3-8-18(9-4-1)13-14-29-21(16-20-12-7-15-31-20)25-28-24(29)32-17-22-26-27-23(30-22)19-10-5-2-6-11-19/h1-12,15H,13-14,16-17H2. The molecule has 0 aliphatic heterocycles. The molecular weight excluding hydrogens is 438 g/mol. The van der Waals surface area contributed by atoms with Crippen LogP contribution in [0.2, 0.25) is 0 Å². The molecule has 0 radical (unpaired) electrons. The van der Waals surface area contributed by atoms with Crippen LogP contribution in [0.15, 0.2) is 87.8 Å². The fourth-order valence-corrected chi connectivity index (χ4v) is 4.89. The van der Waals surface area contributed by atoms with Crippen LogP contribution in [-0.2, 0) is 25.1 Å². The maximum Gasteiger partial charge on any atom is 0.247 e. The number of thiophene rings is 1. The van der Waals surface area contributed by atoms with Gasteiger partial charge in [-0.2, -0.15) is 0 Å². The van der Waals surface area contributed by atoms with Crippen LogP contribution in [0.3, 0.4) is 0 Å². The van der Waals surface area contributed by atoms with Gasteiger partial charge in [0.2, 0.25) is 11.8 Å². The van der Waals surface area contributed by atoms with E-state index in [0.29, 0.717) is 17.5 Å². The molecule has 0 aliphatic rings. The molecule has 3 aromatic heterocycles. The number of hydrogen-bond acceptors (Lipinski definition) is 7. The monoisotopic (exact) mass is 459 g/mol. The summed E-state index contributed by atoms with van der Waals surface area (Å²) in [7, 11) is 0. The molecule has 0 N–H and O–H groups in total. The van der Waals surface area contributed by atoms with Crippen LogP contribution < -0.4 is 0 Å². The molecule has 0 amide bonds. The van der Waals surface area contributed by atoms with Gasteiger partial charge < -0.3 is 8.98 Å². The molecule has 0 aliphatic carbocycles. The Balaban J connectivity index is 1.32. The lowest BCUT2D eigenvalue weighted by Gasteiger charge is -2.09. The maximum atomic E-state index is 5.85. The summed E-state index contributed by atoms with van der Waals surface area (Å²) in [6.45, 7) is 0.819. The van der Waals surface area contributed by atoms with E-state index < -0.39 is 0 Å². The Morgan fingerprint density at radius 1 is 0.844 bits per heavy atom. The summed E-state index contributed by atoms with van der Waals surface area (Å²) >= 11 is 3.31. The zero-order chi connectivity index (χ0) is 21.6. The molecule has 8 heteroatoms. The molecule has 5 rings (SSSR count). The Kier molecular flexibility index (Phi) is 6.41. The predicted octanol–water partition coefficient (Wildman–Crippen LogP) is 5.52. The molecule has 0 saturated heterocycles. The average molecular weight is 460 g/mol. The van der Waals surface area contributed by atoms with Crippen molar-refractivity contribution < 1.29 is 4.42 Å². The fourth-order valence-electron chi connectivity index (χ4n) is 3.37. The van der Waals surface area contributed by atoms with Crippen LogP contribution in [0.1, 0.15) is 22.2 Å². The zero-order valence-corrected chi connectivity index (χ0v) is 18.9. The second-order valence-electron chi connectivity index (χ2n) is 7.20. The van der Waals surface area contributed by atoms with E-state index in [2.05, 4.69) is 66.7 Å². The minimum absolute atomic E-state index is 0.533. The van der Waals surface area contributed by atoms with Gasteiger partial charge in [-0.1, -0.05) is 66.4 Å². The first-order chi connectivity index (χ1) is 15.8. The van der Waals surface area contributed by atoms with Gasteiger partial charge in [0.25, 0.3) is 0 Å². The predicted molar refractivity (Wildman–Crippen MR) is 127 cm³/mol. The Morgan fingerprint density at radius 2 is 1.66 bits per heavy atom. The maximum absolute atomic E-state index is 5.85. The molecule has 2 aromatic carbocycles. The van der Waals surface area contributed by atoms with Gasteiger partial charge in [0.15, 0.2) is 5.16 Å². The lowest BCUT2D eigenvalue weighted by Crippen LogP contribution is -2.08. The summed E-state index contributed by atoms with van der Waals surface area (Å²) in [4.78, 5) is 1.28. The van der Waals surface area contributed by atoms with Gasteiger partial charge in [-0.15, -0.1) is 31.7 Å². The first-order valence-electron chi connectivity index (χ1n) is 10.3. The number of aromatic nitrogens is 5. The third-order valence-electron chi connectivity index (χ3n) is 4.99. The highest BCUT2D eigenvalue weighted by Crippen LogP contribution is 2.25. The molecule has 0 atom stereocenters. The van der Waals surface area contributed by atoms with Gasteiger partial charge in [0.05, 0.1) is 5.75 Å². The Labute approximate surface area is 194 Å². The Hall–Kier alpha value is -3.23. The first kappa shape index (κ1) is 20.7. The van der Waals surface area contributed by atoms with E-state index in [1.807, 2.05) is 36.4 Å². The van der Waals surface area contributed by atoms with Crippen LogP contribution in [0.4, 0.5) is 0 Å². The molecule has 0 unspecified atom stereocenters. The van der Waals surface area contributed by atoms with Crippen molar-refractivity contribution in [3.63, 3.8) is 0 Å². The van der Waals surface area contributed by atoms with Crippen molar-refractivity contribution in [2.45, 2.75) is 30.3 Å². The van der Waals surface area contributed by atoms with Gasteiger partial charge in [-0.3, -0.25) is 0 Å². The van der Waals surface area contributed by atoms with Crippen molar-refractivity contribution in [1.29, 1.82) is 0 Å². The van der Waals surface area contributed by atoms with E-state index in [1.165, 1.54) is 10.4 Å². The molecule has 3 heterocycles. The van der Waals surface area contributed by atoms with Gasteiger partial charge in [-0.25, -0.2) is 0 Å². The largest absolute Gasteiger partial charge is 0.420 e. The number of thioether (sulfide) groups is 1. The lowest BCUT2D eigenvalue weighted by atomic mass is 10.1. The molecule has 32 heavy (non-hydrogen) atoms. The number of rotatable bonds is 9. The Bertz CT molecular complexity index is 1250. The topological polar surface area (TPSA) is 69.6 Å². The zero-order valence-electron chi connectivity index (χ0n) is 17.3. The first-order valence-corrected chi connectivity index (χ1v) is 12.2. The van der Waals surface area contributed by atoms with Crippen molar-refractivity contribution in [1.82, 2.24) is 25.0 Å². The van der Waals surface area contributed by atoms with Gasteiger partial charge in [-0.05, 0) is 35.6 Å². The smallest absolute Gasteiger partial charge is 0.247 e. The van der Waals surface area contributed by atoms with Gasteiger partial charge in [0.1, 0.15) is 5.82 Å². The van der Waals surface area contributed by atoms with Crippen molar-refractivity contribution >= 4 is 23.1 Å². The molecule has 160 valence electrons. The summed E-state index contributed by atoms with van der Waals surface area (Å²) < 4.78 is 8.07. The fraction of sp³-hybridized carbons (Fsp3) is 0.167. The van der Waals surface area contributed by atoms with Crippen LogP contribution in [0, 0.1) is 0 Å². The third-order valence-corrected chi connectivity index (χ3v) is 6.81. The van der Waals surface area contributed by atoms with Gasteiger partial charge >= 0.3 is 0 Å². The summed E-state index contributed by atoms with van der Waals surface area (Å²) in [5.41, 5.74) is 2.21. The van der Waals surface area contributed by atoms with E-state index in [4.69, 9.17) is 4.42 Å². The molecule has 0 bridgehead atoms. The quantitative estimate of drug-likeness (QED) is 0.271. The molecule has 5 aromatic rings. The van der Waals surface area contributed by atoms with E-state index in [-0.39, 0.29) is 0 Å². The third kappa shape index (κ3) is 4.98. The van der Waals surface area contributed by atoms with Crippen LogP contribution in [0.25, 0.3) is 11.5 Å². The van der Waals surface area contributed by atoms with E-state index in [0.717, 1.165) is 35.9 Å². The number of nitrogens with zero attached hydrogens (tertiary/aromatic N) is 5. The average Bonchev–Trinajstić information content (AvgIpc) is 3.60. The summed E-state index contributed by atoms with van der Waals surface area (Å²) in [5, 5.41) is 20.3. The summed E-state index contributed by atoms with van der Waals surface area (Å²) in [6.07, 6.45) is 1.70.